The molecule has 0 amide bonds. The normalized spacial score (nSPS) is 26.8. The number of methoxy groups -OCH3 is 1. The molecule has 0 saturated heterocycles. The minimum absolute atomic E-state index is 0.325. The Morgan fingerprint density at radius 1 is 1.29 bits per heavy atom. The maximum atomic E-state index is 12.7. The molecule has 0 aliphatic heterocycles. The van der Waals surface area contributed by atoms with E-state index in [4.69, 9.17) is 10.5 Å². The lowest BCUT2D eigenvalue weighted by molar-refractivity contribution is 0.286. The Labute approximate surface area is 192 Å². The van der Waals surface area contributed by atoms with Gasteiger partial charge in [-0.3, -0.25) is 4.55 Å². The number of rotatable bonds is 5. The van der Waals surface area contributed by atoms with Crippen LogP contribution in [0.3, 0.4) is 0 Å². The van der Waals surface area contributed by atoms with E-state index in [-0.39, 0.29) is 0 Å². The molecule has 7 nitrogen and oxygen atoms in total. The van der Waals surface area contributed by atoms with Gasteiger partial charge in [-0.2, -0.15) is 8.42 Å². The number of halogens is 1. The highest BCUT2D eigenvalue weighted by Crippen LogP contribution is 2.50. The summed E-state index contributed by atoms with van der Waals surface area (Å²) in [6, 6.07) is 7.41. The van der Waals surface area contributed by atoms with Crippen molar-refractivity contribution < 1.29 is 17.7 Å². The molecule has 3 rings (SSSR count). The van der Waals surface area contributed by atoms with Crippen LogP contribution in [-0.4, -0.2) is 40.8 Å². The largest absolute Gasteiger partial charge is 0.496 e. The molecule has 3 N–H and O–H groups in total. The Kier molecular flexibility index (Phi) is 6.36. The maximum absolute atomic E-state index is 12.7. The minimum Gasteiger partial charge on any atom is -0.496 e. The van der Waals surface area contributed by atoms with Crippen LogP contribution in [0.2, 0.25) is 0 Å². The van der Waals surface area contributed by atoms with E-state index in [9.17, 15) is 13.0 Å². The predicted molar refractivity (Wildman–Crippen MR) is 124 cm³/mol. The first-order chi connectivity index (χ1) is 14.3. The summed E-state index contributed by atoms with van der Waals surface area (Å²) in [5.74, 6) is 1.19. The SMILES string of the molecule is COc1cc(Br)ccc1CC1=C(C)CC(C)(N)C(S(=O)(=O)O)C1(C)c1ccnc(C)n1. The molecule has 0 fully saturated rings. The Morgan fingerprint density at radius 3 is 2.55 bits per heavy atom. The Balaban J connectivity index is 2.31. The second kappa shape index (κ2) is 8.27. The lowest BCUT2D eigenvalue weighted by Crippen LogP contribution is -2.64. The first-order valence-electron chi connectivity index (χ1n) is 9.87. The summed E-state index contributed by atoms with van der Waals surface area (Å²) in [4.78, 5) is 8.72. The number of aromatic nitrogens is 2. The standard InChI is InChI=1S/C22H28BrN3O4S/c1-13-12-21(3,24)20(31(27,28)29)22(4,19-8-9-25-14(2)26-19)17(13)10-15-6-7-16(23)11-18(15)30-5/h6-9,11,20H,10,12,24H2,1-5H3,(H,27,28,29). The molecular formula is C22H28BrN3O4S. The van der Waals surface area contributed by atoms with E-state index in [0.717, 1.165) is 21.2 Å². The van der Waals surface area contributed by atoms with Gasteiger partial charge in [0.15, 0.2) is 0 Å². The molecule has 1 aromatic heterocycles. The molecule has 168 valence electrons. The summed E-state index contributed by atoms with van der Waals surface area (Å²) >= 11 is 3.45. The number of allylic oxidation sites excluding steroid dienone is 1. The highest BCUT2D eigenvalue weighted by atomic mass is 79.9. The molecular weight excluding hydrogens is 482 g/mol. The van der Waals surface area contributed by atoms with Crippen molar-refractivity contribution in [3.8, 4) is 5.75 Å². The first-order valence-corrected chi connectivity index (χ1v) is 12.2. The van der Waals surface area contributed by atoms with E-state index in [1.54, 1.807) is 40.1 Å². The van der Waals surface area contributed by atoms with Crippen molar-refractivity contribution >= 4 is 26.0 Å². The number of benzene rings is 1. The van der Waals surface area contributed by atoms with Gasteiger partial charge in [0.05, 0.1) is 18.2 Å². The minimum atomic E-state index is -4.53. The molecule has 1 heterocycles. The third-order valence-corrected chi connectivity index (χ3v) is 8.23. The second-order valence-electron chi connectivity index (χ2n) is 8.66. The number of aryl methyl sites for hydroxylation is 1. The van der Waals surface area contributed by atoms with E-state index in [0.29, 0.717) is 30.1 Å². The molecule has 1 aromatic carbocycles. The molecule has 3 unspecified atom stereocenters. The van der Waals surface area contributed by atoms with Gasteiger partial charge in [-0.25, -0.2) is 9.97 Å². The highest BCUT2D eigenvalue weighted by Gasteiger charge is 2.58. The summed E-state index contributed by atoms with van der Waals surface area (Å²) in [6.07, 6.45) is 2.34. The summed E-state index contributed by atoms with van der Waals surface area (Å²) in [5, 5.41) is -1.29. The third-order valence-electron chi connectivity index (χ3n) is 6.13. The summed E-state index contributed by atoms with van der Waals surface area (Å²) in [6.45, 7) is 7.16. The smallest absolute Gasteiger partial charge is 0.270 e. The average molecular weight is 510 g/mol. The van der Waals surface area contributed by atoms with Crippen LogP contribution in [0.5, 0.6) is 5.75 Å². The lowest BCUT2D eigenvalue weighted by Gasteiger charge is -2.50. The fourth-order valence-electron chi connectivity index (χ4n) is 5.09. The van der Waals surface area contributed by atoms with Crippen molar-refractivity contribution in [2.75, 3.05) is 7.11 Å². The Hall–Kier alpha value is -1.81. The lowest BCUT2D eigenvalue weighted by atomic mass is 9.61. The molecule has 3 atom stereocenters. The summed E-state index contributed by atoms with van der Waals surface area (Å²) in [7, 11) is -2.94. The monoisotopic (exact) mass is 509 g/mol. The van der Waals surface area contributed by atoms with Crippen LogP contribution in [0.4, 0.5) is 0 Å². The van der Waals surface area contributed by atoms with Crippen LogP contribution < -0.4 is 10.5 Å². The van der Waals surface area contributed by atoms with Crippen LogP contribution >= 0.6 is 15.9 Å². The van der Waals surface area contributed by atoms with Crippen molar-refractivity contribution in [3.05, 3.63) is 63.2 Å². The molecule has 0 saturated carbocycles. The first kappa shape index (κ1) is 23.8. The van der Waals surface area contributed by atoms with Crippen LogP contribution in [0.25, 0.3) is 0 Å². The van der Waals surface area contributed by atoms with Crippen molar-refractivity contribution in [1.29, 1.82) is 0 Å². The van der Waals surface area contributed by atoms with Crippen molar-refractivity contribution in [2.45, 2.75) is 56.7 Å². The zero-order chi connectivity index (χ0) is 23.2. The number of nitrogens with zero attached hydrogens (tertiary/aromatic N) is 2. The number of ether oxygens (including phenoxy) is 1. The number of nitrogens with two attached hydrogens (primary N) is 1. The molecule has 2 aromatic rings. The van der Waals surface area contributed by atoms with Gasteiger partial charge in [-0.05, 0) is 64.3 Å². The molecule has 1 aliphatic rings. The Bertz CT molecular complexity index is 1150. The van der Waals surface area contributed by atoms with Crippen molar-refractivity contribution in [2.24, 2.45) is 5.73 Å². The second-order valence-corrected chi connectivity index (χ2v) is 11.1. The molecule has 9 heteroatoms. The van der Waals surface area contributed by atoms with E-state index < -0.39 is 26.3 Å². The van der Waals surface area contributed by atoms with Crippen LogP contribution in [-0.2, 0) is 22.0 Å². The molecule has 0 spiro atoms. The zero-order valence-corrected chi connectivity index (χ0v) is 20.7. The van der Waals surface area contributed by atoms with E-state index >= 15 is 0 Å². The summed E-state index contributed by atoms with van der Waals surface area (Å²) < 4.78 is 42.2. The fraction of sp³-hybridized carbons (Fsp3) is 0.455. The van der Waals surface area contributed by atoms with Gasteiger partial charge in [0.2, 0.25) is 0 Å². The van der Waals surface area contributed by atoms with Crippen LogP contribution in [0, 0.1) is 6.92 Å². The fourth-order valence-corrected chi connectivity index (χ4v) is 7.06. The molecule has 0 radical (unpaired) electrons. The molecule has 0 bridgehead atoms. The van der Waals surface area contributed by atoms with E-state index in [2.05, 4.69) is 25.9 Å². The van der Waals surface area contributed by atoms with E-state index in [1.807, 2.05) is 25.1 Å². The van der Waals surface area contributed by atoms with Gasteiger partial charge in [0, 0.05) is 16.2 Å². The Morgan fingerprint density at radius 2 is 1.97 bits per heavy atom. The van der Waals surface area contributed by atoms with Crippen molar-refractivity contribution in [3.63, 3.8) is 0 Å². The maximum Gasteiger partial charge on any atom is 0.270 e. The van der Waals surface area contributed by atoms with E-state index in [1.165, 1.54) is 0 Å². The van der Waals surface area contributed by atoms with Crippen LogP contribution in [0.1, 0.15) is 44.3 Å². The molecule has 31 heavy (non-hydrogen) atoms. The van der Waals surface area contributed by atoms with Gasteiger partial charge in [-0.1, -0.05) is 33.1 Å². The summed E-state index contributed by atoms with van der Waals surface area (Å²) in [5.41, 5.74) is 7.37. The quantitative estimate of drug-likeness (QED) is 0.465. The number of hydrogen-bond donors (Lipinski definition) is 2. The van der Waals surface area contributed by atoms with Gasteiger partial charge >= 0.3 is 0 Å². The highest BCUT2D eigenvalue weighted by molar-refractivity contribution is 9.10. The van der Waals surface area contributed by atoms with Crippen LogP contribution in [0.15, 0.2) is 46.1 Å². The van der Waals surface area contributed by atoms with Gasteiger partial charge in [0.1, 0.15) is 16.8 Å². The number of hydrogen-bond acceptors (Lipinski definition) is 6. The predicted octanol–water partition coefficient (Wildman–Crippen LogP) is 3.75. The van der Waals surface area contributed by atoms with Crippen molar-refractivity contribution in [1.82, 2.24) is 9.97 Å². The average Bonchev–Trinajstić information content (AvgIpc) is 2.63. The van der Waals surface area contributed by atoms with Gasteiger partial charge in [-0.15, -0.1) is 0 Å². The molecule has 1 aliphatic carbocycles. The third kappa shape index (κ3) is 4.41. The zero-order valence-electron chi connectivity index (χ0n) is 18.3. The topological polar surface area (TPSA) is 115 Å². The van der Waals surface area contributed by atoms with Gasteiger partial charge < -0.3 is 10.5 Å². The van der Waals surface area contributed by atoms with Gasteiger partial charge in [0.25, 0.3) is 10.1 Å².